The number of carbonyl (C=O) groups excluding carboxylic acids is 1. The van der Waals surface area contributed by atoms with Crippen molar-refractivity contribution in [2.75, 3.05) is 68.9 Å². The SMILES string of the molecule is COc1ccc(CN(Cc2ccc(OC)cc2)c2cc(C)c(C(F)(F)F)c(-c3c(Cl)c4c5c(nc(OC[C@@H]6C[C@H]7COCCN76)nc5c3F)N(C(C)c3cccnc3NC(=O)OC(C)(C)C)CCO4)n2)cc1. The van der Waals surface area contributed by atoms with Gasteiger partial charge in [-0.05, 0) is 94.1 Å². The number of nitrogens with one attached hydrogen (secondary N) is 1. The smallest absolute Gasteiger partial charge is 0.418 e. The maximum absolute atomic E-state index is 18.2. The molecule has 20 heteroatoms. The largest absolute Gasteiger partial charge is 0.497 e. The Bertz CT molecular complexity index is 2910. The third-order valence-corrected chi connectivity index (χ3v) is 13.3. The van der Waals surface area contributed by atoms with Crippen LogP contribution in [0.25, 0.3) is 22.2 Å². The second-order valence-electron chi connectivity index (χ2n) is 18.9. The predicted octanol–water partition coefficient (Wildman–Crippen LogP) is 10.6. The zero-order valence-corrected chi connectivity index (χ0v) is 41.7. The van der Waals surface area contributed by atoms with Crippen molar-refractivity contribution in [1.82, 2.24) is 24.8 Å². The highest BCUT2D eigenvalue weighted by molar-refractivity contribution is 6.36. The van der Waals surface area contributed by atoms with E-state index in [2.05, 4.69) is 20.2 Å². The number of aryl methyl sites for hydroxylation is 1. The number of rotatable bonds is 14. The Kier molecular flexibility index (Phi) is 14.3. The monoisotopic (exact) mass is 1010 g/mol. The standard InChI is InChI=1S/C52H55ClF4N8O7/c1-29-23-38(63(25-31-10-14-35(67-6)15-11-31)26-32-12-16-36(68-7)17-13-32)59-44(41(29)52(55,56)57)39-42(53)46-40-45(43(39)54)60-49(71-28-34-24-33-27-69-21-19-65(33)34)62-48(40)64(20-22-70-46)30(2)37-9-8-18-58-47(37)61-50(66)72-51(3,4)5/h8-18,23,30,33-34H,19-22,24-28H2,1-7H3,(H,58,61,66)/t30?,33-,34-/m0/s1. The van der Waals surface area contributed by atoms with Gasteiger partial charge >= 0.3 is 18.3 Å². The number of methoxy groups -OCH3 is 2. The molecule has 1 amide bonds. The molecule has 380 valence electrons. The van der Waals surface area contributed by atoms with Gasteiger partial charge in [0, 0.05) is 43.5 Å². The number of fused-ring (bicyclic) bond motifs is 1. The normalized spacial score (nSPS) is 17.2. The number of hydrogen-bond acceptors (Lipinski definition) is 14. The number of anilines is 3. The highest BCUT2D eigenvalue weighted by atomic mass is 35.5. The molecule has 6 aromatic rings. The average Bonchev–Trinajstić information content (AvgIpc) is 3.53. The summed E-state index contributed by atoms with van der Waals surface area (Å²) in [5, 5.41) is 2.29. The van der Waals surface area contributed by atoms with E-state index in [0.717, 1.165) is 17.5 Å². The van der Waals surface area contributed by atoms with E-state index in [1.165, 1.54) is 19.2 Å². The minimum atomic E-state index is -5.02. The molecule has 6 heterocycles. The van der Waals surface area contributed by atoms with Gasteiger partial charge in [0.1, 0.15) is 53.3 Å². The first-order valence-corrected chi connectivity index (χ1v) is 23.9. The molecule has 0 aliphatic carbocycles. The lowest BCUT2D eigenvalue weighted by molar-refractivity contribution is -0.137. The predicted molar refractivity (Wildman–Crippen MR) is 264 cm³/mol. The van der Waals surface area contributed by atoms with Gasteiger partial charge in [0.2, 0.25) is 0 Å². The summed E-state index contributed by atoms with van der Waals surface area (Å²) < 4.78 is 99.5. The number of nitrogens with zero attached hydrogens (tertiary/aromatic N) is 7. The number of alkyl halides is 3. The minimum absolute atomic E-state index is 0.00227. The van der Waals surface area contributed by atoms with Crippen molar-refractivity contribution in [1.29, 1.82) is 0 Å². The van der Waals surface area contributed by atoms with E-state index in [-0.39, 0.29) is 85.1 Å². The number of pyridine rings is 2. The molecule has 0 radical (unpaired) electrons. The van der Waals surface area contributed by atoms with Gasteiger partial charge in [0.05, 0.1) is 67.2 Å². The van der Waals surface area contributed by atoms with Gasteiger partial charge in [-0.1, -0.05) is 41.9 Å². The van der Waals surface area contributed by atoms with E-state index in [1.807, 2.05) is 36.1 Å². The zero-order valence-electron chi connectivity index (χ0n) is 40.9. The van der Waals surface area contributed by atoms with Crippen molar-refractivity contribution in [3.05, 3.63) is 112 Å². The fourth-order valence-corrected chi connectivity index (χ4v) is 9.80. The van der Waals surface area contributed by atoms with Crippen LogP contribution < -0.4 is 34.1 Å². The molecule has 3 atom stereocenters. The summed E-state index contributed by atoms with van der Waals surface area (Å²) in [7, 11) is 3.11. The molecule has 2 fully saturated rings. The van der Waals surface area contributed by atoms with Crippen LogP contribution in [0.2, 0.25) is 5.02 Å². The van der Waals surface area contributed by atoms with Crippen LogP contribution in [-0.4, -0.2) is 102 Å². The molecule has 72 heavy (non-hydrogen) atoms. The Labute approximate surface area is 419 Å². The summed E-state index contributed by atoms with van der Waals surface area (Å²) in [6.45, 7) is 10.8. The maximum atomic E-state index is 18.2. The first-order valence-electron chi connectivity index (χ1n) is 23.5. The minimum Gasteiger partial charge on any atom is -0.497 e. The molecule has 2 saturated heterocycles. The number of carbonyl (C=O) groups is 1. The summed E-state index contributed by atoms with van der Waals surface area (Å²) in [6, 6.07) is 18.7. The maximum Gasteiger partial charge on any atom is 0.418 e. The first-order chi connectivity index (χ1) is 34.4. The van der Waals surface area contributed by atoms with Crippen LogP contribution >= 0.6 is 11.6 Å². The number of morpholine rings is 1. The van der Waals surface area contributed by atoms with Crippen LogP contribution in [0.4, 0.5) is 39.8 Å². The van der Waals surface area contributed by atoms with Gasteiger partial charge in [-0.3, -0.25) is 10.2 Å². The van der Waals surface area contributed by atoms with Gasteiger partial charge < -0.3 is 38.2 Å². The molecule has 0 bridgehead atoms. The molecule has 3 aromatic carbocycles. The molecular weight excluding hydrogens is 960 g/mol. The fourth-order valence-electron chi connectivity index (χ4n) is 9.48. The van der Waals surface area contributed by atoms with Crippen molar-refractivity contribution >= 4 is 46.1 Å². The average molecular weight is 1020 g/mol. The van der Waals surface area contributed by atoms with Gasteiger partial charge in [0.25, 0.3) is 0 Å². The van der Waals surface area contributed by atoms with Crippen molar-refractivity contribution < 1.29 is 50.8 Å². The summed E-state index contributed by atoms with van der Waals surface area (Å²) in [5.74, 6) is 0.362. The number of benzene rings is 3. The molecule has 1 unspecified atom stereocenters. The molecule has 0 spiro atoms. The Morgan fingerprint density at radius 2 is 1.64 bits per heavy atom. The number of halogens is 5. The van der Waals surface area contributed by atoms with Crippen molar-refractivity contribution in [2.45, 2.75) is 84.0 Å². The highest BCUT2D eigenvalue weighted by Crippen LogP contribution is 2.51. The zero-order chi connectivity index (χ0) is 51.1. The van der Waals surface area contributed by atoms with E-state index in [9.17, 15) is 4.79 Å². The summed E-state index contributed by atoms with van der Waals surface area (Å²) in [5.41, 5.74) is -1.88. The molecule has 3 aromatic heterocycles. The van der Waals surface area contributed by atoms with E-state index < -0.39 is 57.1 Å². The summed E-state index contributed by atoms with van der Waals surface area (Å²) >= 11 is 7.24. The lowest BCUT2D eigenvalue weighted by Crippen LogP contribution is -2.63. The van der Waals surface area contributed by atoms with Gasteiger partial charge in [-0.2, -0.15) is 23.1 Å². The molecule has 0 saturated carbocycles. The van der Waals surface area contributed by atoms with Gasteiger partial charge in [0.15, 0.2) is 11.6 Å². The summed E-state index contributed by atoms with van der Waals surface area (Å²) in [6.07, 6.45) is -3.44. The lowest BCUT2D eigenvalue weighted by atomic mass is 9.93. The molecule has 9 rings (SSSR count). The Morgan fingerprint density at radius 3 is 2.26 bits per heavy atom. The lowest BCUT2D eigenvalue weighted by Gasteiger charge is -2.50. The Hall–Kier alpha value is -6.70. The molecule has 15 nitrogen and oxygen atoms in total. The highest BCUT2D eigenvalue weighted by Gasteiger charge is 2.43. The number of ether oxygens (including phenoxy) is 6. The quantitative estimate of drug-likeness (QED) is 0.103. The van der Waals surface area contributed by atoms with Crippen molar-refractivity contribution in [2.24, 2.45) is 0 Å². The van der Waals surface area contributed by atoms with E-state index in [0.29, 0.717) is 36.8 Å². The fraction of sp³-hybridized carbons (Fsp3) is 0.404. The van der Waals surface area contributed by atoms with Crippen molar-refractivity contribution in [3.63, 3.8) is 0 Å². The van der Waals surface area contributed by atoms with Crippen molar-refractivity contribution in [3.8, 4) is 34.5 Å². The topological polar surface area (TPSA) is 146 Å². The van der Waals surface area contributed by atoms with Crippen LogP contribution in [0.15, 0.2) is 72.9 Å². The third-order valence-electron chi connectivity index (χ3n) is 13.0. The van der Waals surface area contributed by atoms with Crippen LogP contribution in [0.3, 0.4) is 0 Å². The number of hydrogen-bond donors (Lipinski definition) is 1. The van der Waals surface area contributed by atoms with Crippen LogP contribution in [0.5, 0.6) is 23.3 Å². The first kappa shape index (κ1) is 50.2. The molecule has 3 aliphatic heterocycles. The number of amides is 1. The Morgan fingerprint density at radius 1 is 0.958 bits per heavy atom. The van der Waals surface area contributed by atoms with Crippen LogP contribution in [0, 0.1) is 12.7 Å². The van der Waals surface area contributed by atoms with Gasteiger partial charge in [-0.15, -0.1) is 0 Å². The van der Waals surface area contributed by atoms with E-state index in [4.69, 9.17) is 50.0 Å². The third kappa shape index (κ3) is 10.5. The van der Waals surface area contributed by atoms with Crippen LogP contribution in [0.1, 0.15) is 68.0 Å². The molecular formula is C52H55ClF4N8O7. The second kappa shape index (κ2) is 20.4. The summed E-state index contributed by atoms with van der Waals surface area (Å²) in [4.78, 5) is 37.6. The number of aromatic nitrogens is 4. The van der Waals surface area contributed by atoms with Gasteiger partial charge in [-0.25, -0.2) is 19.2 Å². The van der Waals surface area contributed by atoms with Crippen LogP contribution in [-0.2, 0) is 28.7 Å². The van der Waals surface area contributed by atoms with E-state index >= 15 is 17.6 Å². The second-order valence-corrected chi connectivity index (χ2v) is 19.3. The van der Waals surface area contributed by atoms with E-state index in [1.54, 1.807) is 76.3 Å². The molecule has 1 N–H and O–H groups in total. The molecule has 3 aliphatic rings. The Balaban J connectivity index is 1.20.